The summed E-state index contributed by atoms with van der Waals surface area (Å²) in [7, 11) is 0. The second-order valence-corrected chi connectivity index (χ2v) is 7.60. The second kappa shape index (κ2) is 20.6. The summed E-state index contributed by atoms with van der Waals surface area (Å²) < 4.78 is 21.3. The predicted octanol–water partition coefficient (Wildman–Crippen LogP) is 1.02. The second-order valence-electron chi connectivity index (χ2n) is 7.60. The topological polar surface area (TPSA) is 155 Å². The highest BCUT2D eigenvalue weighted by Crippen LogP contribution is 2.11. The molecule has 0 aromatic heterocycles. The van der Waals surface area contributed by atoms with E-state index in [2.05, 4.69) is 15.3 Å². The molecule has 1 aliphatic heterocycles. The minimum absolute atomic E-state index is 0.0481. The Bertz CT molecular complexity index is 575. The van der Waals surface area contributed by atoms with Crippen LogP contribution in [0.4, 0.5) is 0 Å². The molecule has 12 nitrogen and oxygen atoms in total. The molecule has 1 heterocycles. The van der Waals surface area contributed by atoms with Crippen LogP contribution in [-0.2, 0) is 28.5 Å². The summed E-state index contributed by atoms with van der Waals surface area (Å²) in [6.45, 7) is 5.39. The molecular weight excluding hydrogens is 434 g/mol. The van der Waals surface area contributed by atoms with E-state index in [0.29, 0.717) is 98.3 Å². The number of unbranched alkanes of at least 4 members (excludes halogenated alkanes) is 2. The zero-order chi connectivity index (χ0) is 24.0. The van der Waals surface area contributed by atoms with Crippen molar-refractivity contribution in [3.63, 3.8) is 0 Å². The van der Waals surface area contributed by atoms with Crippen molar-refractivity contribution in [2.24, 2.45) is 5.11 Å². The average molecular weight is 474 g/mol. The first-order valence-electron chi connectivity index (χ1n) is 11.7. The number of amides is 2. The number of hydrogen-bond donors (Lipinski definition) is 2. The van der Waals surface area contributed by atoms with Crippen LogP contribution in [0, 0.1) is 0 Å². The smallest absolute Gasteiger partial charge is 0.222 e. The standard InChI is InChI=1S/C21H39N5O7/c22-25-24-8-11-31-13-15-33-17-16-32-14-12-30-10-6-20(28)23-7-3-1-2-4-21(29)26-9-5-19(27)18-26/h19,27H,1-18H2,(H,23,28)/t19-/m1/s1. The Kier molecular flexibility index (Phi) is 18.2. The van der Waals surface area contributed by atoms with E-state index in [4.69, 9.17) is 24.5 Å². The first-order valence-corrected chi connectivity index (χ1v) is 11.7. The van der Waals surface area contributed by atoms with Gasteiger partial charge in [-0.2, -0.15) is 0 Å². The van der Waals surface area contributed by atoms with E-state index in [-0.39, 0.29) is 17.9 Å². The Morgan fingerprint density at radius 1 is 0.939 bits per heavy atom. The third kappa shape index (κ3) is 17.2. The lowest BCUT2D eigenvalue weighted by Crippen LogP contribution is -2.29. The van der Waals surface area contributed by atoms with E-state index in [1.54, 1.807) is 4.90 Å². The number of hydrogen-bond acceptors (Lipinski definition) is 8. The van der Waals surface area contributed by atoms with Gasteiger partial charge in [0.05, 0.1) is 59.0 Å². The van der Waals surface area contributed by atoms with Crippen LogP contribution in [0.15, 0.2) is 5.11 Å². The number of nitrogens with zero attached hydrogens (tertiary/aromatic N) is 4. The Morgan fingerprint density at radius 2 is 1.58 bits per heavy atom. The van der Waals surface area contributed by atoms with Crippen LogP contribution in [0.3, 0.4) is 0 Å². The lowest BCUT2D eigenvalue weighted by atomic mass is 10.2. The molecule has 1 atom stereocenters. The van der Waals surface area contributed by atoms with E-state index in [1.807, 2.05) is 0 Å². The van der Waals surface area contributed by atoms with Crippen molar-refractivity contribution in [3.05, 3.63) is 10.4 Å². The molecule has 0 radical (unpaired) electrons. The molecule has 0 aromatic carbocycles. The molecule has 0 saturated carbocycles. The van der Waals surface area contributed by atoms with Crippen LogP contribution in [0.2, 0.25) is 0 Å². The molecule has 1 aliphatic rings. The first-order chi connectivity index (χ1) is 16.1. The summed E-state index contributed by atoms with van der Waals surface area (Å²) in [5.41, 5.74) is 8.10. The summed E-state index contributed by atoms with van der Waals surface area (Å²) in [5.74, 6) is 0.0577. The van der Waals surface area contributed by atoms with Crippen molar-refractivity contribution in [1.82, 2.24) is 10.2 Å². The van der Waals surface area contributed by atoms with Gasteiger partial charge in [-0.3, -0.25) is 9.59 Å². The van der Waals surface area contributed by atoms with Gasteiger partial charge >= 0.3 is 0 Å². The number of aliphatic hydroxyl groups is 1. The average Bonchev–Trinajstić information content (AvgIpc) is 3.25. The van der Waals surface area contributed by atoms with Crippen LogP contribution < -0.4 is 5.32 Å². The SMILES string of the molecule is [N-]=[N+]=NCCOCCOCCOCCOCCC(=O)NCCCCCC(=O)N1CC[C@@H](O)C1. The molecule has 0 aliphatic carbocycles. The molecule has 1 rings (SSSR count). The Morgan fingerprint density at radius 3 is 2.18 bits per heavy atom. The third-order valence-corrected chi connectivity index (χ3v) is 4.89. The highest BCUT2D eigenvalue weighted by atomic mass is 16.6. The minimum Gasteiger partial charge on any atom is -0.391 e. The lowest BCUT2D eigenvalue weighted by molar-refractivity contribution is -0.130. The number of carbonyl (C=O) groups is 2. The van der Waals surface area contributed by atoms with E-state index < -0.39 is 0 Å². The molecule has 2 N–H and O–H groups in total. The number of ether oxygens (including phenoxy) is 4. The zero-order valence-electron chi connectivity index (χ0n) is 19.5. The van der Waals surface area contributed by atoms with Crippen LogP contribution in [0.5, 0.6) is 0 Å². The third-order valence-electron chi connectivity index (χ3n) is 4.89. The minimum atomic E-state index is -0.374. The fourth-order valence-electron chi connectivity index (χ4n) is 3.10. The molecule has 1 saturated heterocycles. The molecule has 0 bridgehead atoms. The maximum Gasteiger partial charge on any atom is 0.222 e. The molecule has 190 valence electrons. The van der Waals surface area contributed by atoms with Gasteiger partial charge < -0.3 is 34.3 Å². The van der Waals surface area contributed by atoms with Crippen molar-refractivity contribution in [1.29, 1.82) is 0 Å². The summed E-state index contributed by atoms with van der Waals surface area (Å²) >= 11 is 0. The van der Waals surface area contributed by atoms with Crippen molar-refractivity contribution < 1.29 is 33.6 Å². The van der Waals surface area contributed by atoms with Gasteiger partial charge in [-0.25, -0.2) is 0 Å². The Labute approximate surface area is 195 Å². The largest absolute Gasteiger partial charge is 0.391 e. The molecule has 0 aromatic rings. The monoisotopic (exact) mass is 473 g/mol. The van der Waals surface area contributed by atoms with Gasteiger partial charge in [-0.1, -0.05) is 11.5 Å². The predicted molar refractivity (Wildman–Crippen MR) is 121 cm³/mol. The van der Waals surface area contributed by atoms with Crippen LogP contribution in [0.1, 0.15) is 38.5 Å². The highest BCUT2D eigenvalue weighted by molar-refractivity contribution is 5.76. The maximum atomic E-state index is 12.0. The number of rotatable bonds is 21. The van der Waals surface area contributed by atoms with Crippen molar-refractivity contribution >= 4 is 11.8 Å². The van der Waals surface area contributed by atoms with E-state index in [1.165, 1.54) is 0 Å². The fraction of sp³-hybridized carbons (Fsp3) is 0.905. The van der Waals surface area contributed by atoms with Crippen LogP contribution >= 0.6 is 0 Å². The van der Waals surface area contributed by atoms with Gasteiger partial charge in [0.25, 0.3) is 0 Å². The quantitative estimate of drug-likeness (QED) is 0.109. The zero-order valence-corrected chi connectivity index (χ0v) is 19.5. The number of likely N-dealkylation sites (tertiary alicyclic amines) is 1. The van der Waals surface area contributed by atoms with Gasteiger partial charge in [-0.15, -0.1) is 0 Å². The normalized spacial score (nSPS) is 15.4. The molecule has 0 spiro atoms. The van der Waals surface area contributed by atoms with Crippen molar-refractivity contribution in [2.45, 2.75) is 44.6 Å². The number of carbonyl (C=O) groups excluding carboxylic acids is 2. The first kappa shape index (κ1) is 29.1. The molecule has 1 fully saturated rings. The van der Waals surface area contributed by atoms with E-state index >= 15 is 0 Å². The van der Waals surface area contributed by atoms with Crippen molar-refractivity contribution in [3.8, 4) is 0 Å². The summed E-state index contributed by atoms with van der Waals surface area (Å²) in [6, 6.07) is 0. The maximum absolute atomic E-state index is 12.0. The number of azide groups is 1. The van der Waals surface area contributed by atoms with Gasteiger partial charge in [-0.05, 0) is 24.8 Å². The Balaban J connectivity index is 1.76. The fourth-order valence-corrected chi connectivity index (χ4v) is 3.10. The molecule has 0 unspecified atom stereocenters. The highest BCUT2D eigenvalue weighted by Gasteiger charge is 2.23. The number of nitrogens with one attached hydrogen (secondary N) is 1. The van der Waals surface area contributed by atoms with Gasteiger partial charge in [0, 0.05) is 43.9 Å². The Hall–Kier alpha value is -1.95. The van der Waals surface area contributed by atoms with Crippen LogP contribution in [0.25, 0.3) is 10.4 Å². The van der Waals surface area contributed by atoms with Crippen molar-refractivity contribution in [2.75, 3.05) is 79.0 Å². The number of β-amino-alcohol motifs (C(OH)–C–C–N with tert-alkyl or cyclic N) is 1. The van der Waals surface area contributed by atoms with Gasteiger partial charge in [0.15, 0.2) is 0 Å². The molecule has 2 amide bonds. The van der Waals surface area contributed by atoms with Crippen LogP contribution in [-0.4, -0.2) is 107 Å². The van der Waals surface area contributed by atoms with Gasteiger partial charge in [0.2, 0.25) is 11.8 Å². The molecule has 33 heavy (non-hydrogen) atoms. The molecule has 12 heteroatoms. The van der Waals surface area contributed by atoms with E-state index in [0.717, 1.165) is 19.3 Å². The molecular formula is C21H39N5O7. The van der Waals surface area contributed by atoms with Gasteiger partial charge in [0.1, 0.15) is 0 Å². The van der Waals surface area contributed by atoms with E-state index in [9.17, 15) is 14.7 Å². The summed E-state index contributed by atoms with van der Waals surface area (Å²) in [4.78, 5) is 28.1. The number of aliphatic hydroxyl groups excluding tert-OH is 1. The lowest BCUT2D eigenvalue weighted by Gasteiger charge is -2.15. The summed E-state index contributed by atoms with van der Waals surface area (Å²) in [5, 5.41) is 15.7. The summed E-state index contributed by atoms with van der Waals surface area (Å²) in [6.07, 6.45) is 3.60.